The van der Waals surface area contributed by atoms with Crippen molar-refractivity contribution in [3.05, 3.63) is 11.6 Å². The zero-order chi connectivity index (χ0) is 7.14. The predicted octanol–water partition coefficient (Wildman–Crippen LogP) is 1.93. The van der Waals surface area contributed by atoms with E-state index in [2.05, 4.69) is 6.08 Å². The largest absolute Gasteiger partial charge is 0.299 e. The van der Waals surface area contributed by atoms with E-state index in [4.69, 9.17) is 0 Å². The lowest BCUT2D eigenvalue weighted by Crippen LogP contribution is -2.10. The van der Waals surface area contributed by atoms with E-state index in [1.54, 1.807) is 0 Å². The van der Waals surface area contributed by atoms with E-state index in [1.165, 1.54) is 12.0 Å². The standard InChI is InChI=1S/C9H12O/c1-2-7-3-6-4-8(7)9(10)5-6/h2,6,8H,3-5H2,1H3/b7-2-/t6-,8-/m0/s1. The van der Waals surface area contributed by atoms with Crippen LogP contribution in [0, 0.1) is 11.8 Å². The highest BCUT2D eigenvalue weighted by atomic mass is 16.1. The van der Waals surface area contributed by atoms with Gasteiger partial charge in [0.25, 0.3) is 0 Å². The molecule has 0 N–H and O–H groups in total. The maximum Gasteiger partial charge on any atom is 0.140 e. The minimum atomic E-state index is 0.343. The topological polar surface area (TPSA) is 17.1 Å². The third kappa shape index (κ3) is 0.664. The van der Waals surface area contributed by atoms with Crippen molar-refractivity contribution in [2.24, 2.45) is 11.8 Å². The lowest BCUT2D eigenvalue weighted by atomic mass is 9.94. The molecular weight excluding hydrogens is 124 g/mol. The van der Waals surface area contributed by atoms with Crippen LogP contribution in [0.1, 0.15) is 26.2 Å². The molecule has 0 unspecified atom stereocenters. The molecule has 0 spiro atoms. The second-order valence-corrected chi connectivity index (χ2v) is 3.39. The van der Waals surface area contributed by atoms with Crippen molar-refractivity contribution < 1.29 is 4.79 Å². The normalized spacial score (nSPS) is 41.7. The molecule has 54 valence electrons. The van der Waals surface area contributed by atoms with Gasteiger partial charge in [-0.25, -0.2) is 0 Å². The molecule has 2 aliphatic carbocycles. The quantitative estimate of drug-likeness (QED) is 0.465. The van der Waals surface area contributed by atoms with Crippen LogP contribution in [-0.4, -0.2) is 5.78 Å². The van der Waals surface area contributed by atoms with Gasteiger partial charge in [-0.15, -0.1) is 0 Å². The SMILES string of the molecule is C/C=C1/C[C@@H]2CC(=O)[C@H]1C2. The molecule has 1 nitrogen and oxygen atoms in total. The van der Waals surface area contributed by atoms with Gasteiger partial charge < -0.3 is 0 Å². The second-order valence-electron chi connectivity index (χ2n) is 3.39. The van der Waals surface area contributed by atoms with Crippen LogP contribution < -0.4 is 0 Å². The van der Waals surface area contributed by atoms with Crippen molar-refractivity contribution in [2.45, 2.75) is 26.2 Å². The molecule has 2 atom stereocenters. The highest BCUT2D eigenvalue weighted by Gasteiger charge is 2.41. The Morgan fingerprint density at radius 3 is 2.70 bits per heavy atom. The Kier molecular flexibility index (Phi) is 1.19. The molecule has 2 bridgehead atoms. The minimum absolute atomic E-state index is 0.343. The van der Waals surface area contributed by atoms with Crippen LogP contribution in [0.15, 0.2) is 11.6 Å². The number of allylic oxidation sites excluding steroid dienone is 2. The van der Waals surface area contributed by atoms with Crippen LogP contribution >= 0.6 is 0 Å². The van der Waals surface area contributed by atoms with Crippen molar-refractivity contribution in [1.29, 1.82) is 0 Å². The van der Waals surface area contributed by atoms with Crippen molar-refractivity contribution in [3.8, 4) is 0 Å². The average molecular weight is 136 g/mol. The number of carbonyl (C=O) groups excluding carboxylic acids is 1. The van der Waals surface area contributed by atoms with Gasteiger partial charge in [-0.2, -0.15) is 0 Å². The summed E-state index contributed by atoms with van der Waals surface area (Å²) in [6.45, 7) is 2.04. The predicted molar refractivity (Wildman–Crippen MR) is 39.6 cm³/mol. The molecule has 0 aliphatic heterocycles. The second kappa shape index (κ2) is 1.94. The molecule has 0 aromatic carbocycles. The fourth-order valence-electron chi connectivity index (χ4n) is 2.28. The highest BCUT2D eigenvalue weighted by molar-refractivity contribution is 5.87. The molecule has 0 aromatic rings. The van der Waals surface area contributed by atoms with Gasteiger partial charge in [-0.3, -0.25) is 4.79 Å². The van der Waals surface area contributed by atoms with Gasteiger partial charge in [-0.05, 0) is 25.7 Å². The lowest BCUT2D eigenvalue weighted by molar-refractivity contribution is -0.120. The Hall–Kier alpha value is -0.590. The van der Waals surface area contributed by atoms with Crippen molar-refractivity contribution in [1.82, 2.24) is 0 Å². The zero-order valence-corrected chi connectivity index (χ0v) is 6.26. The maximum atomic E-state index is 11.2. The van der Waals surface area contributed by atoms with Gasteiger partial charge in [0.15, 0.2) is 0 Å². The molecule has 2 rings (SSSR count). The monoisotopic (exact) mass is 136 g/mol. The Balaban J connectivity index is 2.28. The first-order chi connectivity index (χ1) is 4.81. The van der Waals surface area contributed by atoms with Crippen molar-refractivity contribution >= 4 is 5.78 Å². The van der Waals surface area contributed by atoms with E-state index in [0.29, 0.717) is 17.6 Å². The number of Topliss-reactive ketones (excluding diaryl/α,β-unsaturated/α-hetero) is 1. The number of fused-ring (bicyclic) bond motifs is 2. The summed E-state index contributed by atoms with van der Waals surface area (Å²) in [5, 5.41) is 0. The molecule has 2 saturated carbocycles. The lowest BCUT2D eigenvalue weighted by Gasteiger charge is -2.10. The number of hydrogen-bond acceptors (Lipinski definition) is 1. The first-order valence-electron chi connectivity index (χ1n) is 3.99. The Bertz CT molecular complexity index is 203. The fraction of sp³-hybridized carbons (Fsp3) is 0.667. The van der Waals surface area contributed by atoms with Gasteiger partial charge in [-0.1, -0.05) is 11.6 Å². The van der Waals surface area contributed by atoms with Crippen LogP contribution in [0.4, 0.5) is 0 Å². The Morgan fingerprint density at radius 2 is 2.30 bits per heavy atom. The summed E-state index contributed by atoms with van der Waals surface area (Å²) in [6, 6.07) is 0. The van der Waals surface area contributed by atoms with Gasteiger partial charge >= 0.3 is 0 Å². The van der Waals surface area contributed by atoms with E-state index in [1.807, 2.05) is 6.92 Å². The van der Waals surface area contributed by atoms with E-state index in [-0.39, 0.29) is 0 Å². The van der Waals surface area contributed by atoms with Crippen LogP contribution in [0.25, 0.3) is 0 Å². The first kappa shape index (κ1) is 6.14. The summed E-state index contributed by atoms with van der Waals surface area (Å²) in [5.74, 6) is 1.54. The smallest absolute Gasteiger partial charge is 0.140 e. The molecule has 10 heavy (non-hydrogen) atoms. The summed E-state index contributed by atoms with van der Waals surface area (Å²) >= 11 is 0. The van der Waals surface area contributed by atoms with Gasteiger partial charge in [0, 0.05) is 12.3 Å². The van der Waals surface area contributed by atoms with E-state index in [0.717, 1.165) is 12.8 Å². The van der Waals surface area contributed by atoms with Crippen molar-refractivity contribution in [2.75, 3.05) is 0 Å². The van der Waals surface area contributed by atoms with Crippen molar-refractivity contribution in [3.63, 3.8) is 0 Å². The van der Waals surface area contributed by atoms with Crippen LogP contribution in [0.3, 0.4) is 0 Å². The fourth-order valence-corrected chi connectivity index (χ4v) is 2.28. The molecule has 0 aromatic heterocycles. The summed E-state index contributed by atoms with van der Waals surface area (Å²) in [5.41, 5.74) is 1.40. The number of ketones is 1. The van der Waals surface area contributed by atoms with E-state index < -0.39 is 0 Å². The molecule has 0 radical (unpaired) electrons. The molecule has 2 fully saturated rings. The van der Waals surface area contributed by atoms with E-state index >= 15 is 0 Å². The number of carbonyl (C=O) groups is 1. The first-order valence-corrected chi connectivity index (χ1v) is 3.99. The molecule has 0 amide bonds. The Labute approximate surface area is 61.1 Å². The molecule has 2 aliphatic rings. The maximum absolute atomic E-state index is 11.2. The third-order valence-corrected chi connectivity index (χ3v) is 2.79. The van der Waals surface area contributed by atoms with Gasteiger partial charge in [0.2, 0.25) is 0 Å². The summed E-state index contributed by atoms with van der Waals surface area (Å²) < 4.78 is 0. The summed E-state index contributed by atoms with van der Waals surface area (Å²) in [4.78, 5) is 11.2. The highest BCUT2D eigenvalue weighted by Crippen LogP contribution is 2.45. The molecule has 0 saturated heterocycles. The number of hydrogen-bond donors (Lipinski definition) is 0. The zero-order valence-electron chi connectivity index (χ0n) is 6.26. The third-order valence-electron chi connectivity index (χ3n) is 2.79. The Morgan fingerprint density at radius 1 is 1.50 bits per heavy atom. The molecule has 0 heterocycles. The molecule has 1 heteroatoms. The summed E-state index contributed by atoms with van der Waals surface area (Å²) in [6.07, 6.45) is 5.34. The minimum Gasteiger partial charge on any atom is -0.299 e. The van der Waals surface area contributed by atoms with E-state index in [9.17, 15) is 4.79 Å². The summed E-state index contributed by atoms with van der Waals surface area (Å²) in [7, 11) is 0. The van der Waals surface area contributed by atoms with Gasteiger partial charge in [0.1, 0.15) is 5.78 Å². The number of rotatable bonds is 0. The molecular formula is C9H12O. The van der Waals surface area contributed by atoms with Crippen LogP contribution in [0.2, 0.25) is 0 Å². The van der Waals surface area contributed by atoms with Gasteiger partial charge in [0.05, 0.1) is 0 Å². The average Bonchev–Trinajstić information content (AvgIpc) is 2.44. The van der Waals surface area contributed by atoms with Crippen LogP contribution in [-0.2, 0) is 4.79 Å². The van der Waals surface area contributed by atoms with Crippen LogP contribution in [0.5, 0.6) is 0 Å².